The fourth-order valence-electron chi connectivity index (χ4n) is 1.53. The summed E-state index contributed by atoms with van der Waals surface area (Å²) in [6, 6.07) is 10.7. The van der Waals surface area contributed by atoms with Crippen LogP contribution < -0.4 is 5.32 Å². The van der Waals surface area contributed by atoms with Gasteiger partial charge in [-0.2, -0.15) is 5.26 Å². The van der Waals surface area contributed by atoms with Crippen LogP contribution in [-0.4, -0.2) is 17.6 Å². The summed E-state index contributed by atoms with van der Waals surface area (Å²) in [7, 11) is 0. The predicted octanol–water partition coefficient (Wildman–Crippen LogP) is 1.39. The monoisotopic (exact) mass is 232 g/mol. The number of rotatable bonds is 5. The number of benzene rings is 1. The molecule has 90 valence electrons. The van der Waals surface area contributed by atoms with Gasteiger partial charge in [-0.25, -0.2) is 0 Å². The predicted molar refractivity (Wildman–Crippen MR) is 63.8 cm³/mol. The quantitative estimate of drug-likeness (QED) is 0.805. The van der Waals surface area contributed by atoms with Gasteiger partial charge in [0.2, 0.25) is 5.91 Å². The summed E-state index contributed by atoms with van der Waals surface area (Å²) in [5, 5.41) is 20.7. The van der Waals surface area contributed by atoms with E-state index in [1.54, 1.807) is 6.92 Å². The zero-order valence-electron chi connectivity index (χ0n) is 9.76. The van der Waals surface area contributed by atoms with Gasteiger partial charge in [0, 0.05) is 0 Å². The van der Waals surface area contributed by atoms with Crippen LogP contribution in [0.25, 0.3) is 0 Å². The molecule has 1 aromatic carbocycles. The molecule has 0 heterocycles. The van der Waals surface area contributed by atoms with Gasteiger partial charge in [0.15, 0.2) is 0 Å². The summed E-state index contributed by atoms with van der Waals surface area (Å²) in [6.45, 7) is 1.60. The first-order valence-corrected chi connectivity index (χ1v) is 5.58. The highest BCUT2D eigenvalue weighted by molar-refractivity contribution is 5.81. The SMILES string of the molecule is CCC(C#N)C(=O)N[C@H](CO)c1ccccc1. The van der Waals surface area contributed by atoms with Crippen LogP contribution in [0.4, 0.5) is 0 Å². The molecule has 0 fully saturated rings. The van der Waals surface area contributed by atoms with Crippen molar-refractivity contribution >= 4 is 5.91 Å². The van der Waals surface area contributed by atoms with E-state index in [-0.39, 0.29) is 12.5 Å². The second-order valence-electron chi connectivity index (χ2n) is 3.74. The molecule has 2 atom stereocenters. The van der Waals surface area contributed by atoms with Crippen molar-refractivity contribution in [2.45, 2.75) is 19.4 Å². The van der Waals surface area contributed by atoms with Gasteiger partial charge in [0.1, 0.15) is 5.92 Å². The van der Waals surface area contributed by atoms with E-state index in [0.717, 1.165) is 5.56 Å². The zero-order chi connectivity index (χ0) is 12.7. The van der Waals surface area contributed by atoms with Gasteiger partial charge < -0.3 is 10.4 Å². The van der Waals surface area contributed by atoms with E-state index in [0.29, 0.717) is 6.42 Å². The van der Waals surface area contributed by atoms with E-state index in [9.17, 15) is 9.90 Å². The Morgan fingerprint density at radius 2 is 2.12 bits per heavy atom. The lowest BCUT2D eigenvalue weighted by molar-refractivity contribution is -0.124. The van der Waals surface area contributed by atoms with Crippen LogP contribution in [0.2, 0.25) is 0 Å². The molecule has 0 bridgehead atoms. The van der Waals surface area contributed by atoms with Crippen molar-refractivity contribution < 1.29 is 9.90 Å². The number of nitrogens with one attached hydrogen (secondary N) is 1. The van der Waals surface area contributed by atoms with Gasteiger partial charge in [-0.3, -0.25) is 4.79 Å². The third kappa shape index (κ3) is 3.58. The van der Waals surface area contributed by atoms with Crippen LogP contribution in [0.5, 0.6) is 0 Å². The van der Waals surface area contributed by atoms with Gasteiger partial charge in [-0.05, 0) is 12.0 Å². The van der Waals surface area contributed by atoms with Crippen molar-refractivity contribution in [2.75, 3.05) is 6.61 Å². The number of carbonyl (C=O) groups is 1. The molecule has 0 saturated carbocycles. The number of hydrogen-bond donors (Lipinski definition) is 2. The summed E-state index contributed by atoms with van der Waals surface area (Å²) in [5.41, 5.74) is 0.830. The molecule has 0 saturated heterocycles. The Morgan fingerprint density at radius 1 is 1.47 bits per heavy atom. The molecule has 0 aliphatic heterocycles. The molecule has 0 aromatic heterocycles. The van der Waals surface area contributed by atoms with Gasteiger partial charge in [0.25, 0.3) is 0 Å². The molecule has 1 rings (SSSR count). The number of aliphatic hydroxyl groups excluding tert-OH is 1. The summed E-state index contributed by atoms with van der Waals surface area (Å²) in [4.78, 5) is 11.7. The Bertz CT molecular complexity index is 398. The van der Waals surface area contributed by atoms with Crippen molar-refractivity contribution in [1.82, 2.24) is 5.32 Å². The third-order valence-electron chi connectivity index (χ3n) is 2.58. The standard InChI is InChI=1S/C13H16N2O2/c1-2-10(8-14)13(17)15-12(9-16)11-6-4-3-5-7-11/h3-7,10,12,16H,2,9H2,1H3,(H,15,17)/t10?,12-/m1/s1. The average molecular weight is 232 g/mol. The lowest BCUT2D eigenvalue weighted by Gasteiger charge is -2.18. The largest absolute Gasteiger partial charge is 0.394 e. The smallest absolute Gasteiger partial charge is 0.237 e. The van der Waals surface area contributed by atoms with E-state index in [4.69, 9.17) is 5.26 Å². The normalized spacial score (nSPS) is 13.5. The van der Waals surface area contributed by atoms with Crippen LogP contribution in [0.1, 0.15) is 24.9 Å². The van der Waals surface area contributed by atoms with Crippen molar-refractivity contribution in [3.63, 3.8) is 0 Å². The van der Waals surface area contributed by atoms with Crippen LogP contribution in [0.3, 0.4) is 0 Å². The van der Waals surface area contributed by atoms with E-state index < -0.39 is 12.0 Å². The zero-order valence-corrected chi connectivity index (χ0v) is 9.76. The van der Waals surface area contributed by atoms with Crippen molar-refractivity contribution in [2.24, 2.45) is 5.92 Å². The van der Waals surface area contributed by atoms with Crippen molar-refractivity contribution in [1.29, 1.82) is 5.26 Å². The molecule has 0 aliphatic rings. The Hall–Kier alpha value is -1.86. The molecule has 0 radical (unpaired) electrons. The highest BCUT2D eigenvalue weighted by Crippen LogP contribution is 2.13. The number of aliphatic hydroxyl groups is 1. The van der Waals surface area contributed by atoms with Crippen LogP contribution in [-0.2, 0) is 4.79 Å². The summed E-state index contributed by atoms with van der Waals surface area (Å²) in [5.74, 6) is -0.995. The maximum atomic E-state index is 11.7. The maximum Gasteiger partial charge on any atom is 0.237 e. The van der Waals surface area contributed by atoms with E-state index in [2.05, 4.69) is 5.32 Å². The first-order chi connectivity index (χ1) is 8.22. The highest BCUT2D eigenvalue weighted by atomic mass is 16.3. The molecule has 1 aromatic rings. The first-order valence-electron chi connectivity index (χ1n) is 5.58. The highest BCUT2D eigenvalue weighted by Gasteiger charge is 2.19. The molecule has 4 heteroatoms. The Morgan fingerprint density at radius 3 is 2.59 bits per heavy atom. The molecule has 1 amide bonds. The molecular weight excluding hydrogens is 216 g/mol. The molecule has 1 unspecified atom stereocenters. The topological polar surface area (TPSA) is 73.1 Å². The molecule has 2 N–H and O–H groups in total. The summed E-state index contributed by atoms with van der Waals surface area (Å²) >= 11 is 0. The summed E-state index contributed by atoms with van der Waals surface area (Å²) in [6.07, 6.45) is 0.468. The third-order valence-corrected chi connectivity index (χ3v) is 2.58. The first kappa shape index (κ1) is 13.2. The molecule has 0 spiro atoms. The summed E-state index contributed by atoms with van der Waals surface area (Å²) < 4.78 is 0. The minimum absolute atomic E-state index is 0.183. The number of nitrogens with zero attached hydrogens (tertiary/aromatic N) is 1. The van der Waals surface area contributed by atoms with Crippen molar-refractivity contribution in [3.05, 3.63) is 35.9 Å². The number of hydrogen-bond acceptors (Lipinski definition) is 3. The number of nitriles is 1. The minimum Gasteiger partial charge on any atom is -0.394 e. The van der Waals surface area contributed by atoms with Gasteiger partial charge >= 0.3 is 0 Å². The molecule has 4 nitrogen and oxygen atoms in total. The van der Waals surface area contributed by atoms with Crippen LogP contribution >= 0.6 is 0 Å². The van der Waals surface area contributed by atoms with Gasteiger partial charge in [0.05, 0.1) is 18.7 Å². The van der Waals surface area contributed by atoms with Crippen LogP contribution in [0.15, 0.2) is 30.3 Å². The Labute approximate surface area is 101 Å². The molecule has 17 heavy (non-hydrogen) atoms. The second-order valence-corrected chi connectivity index (χ2v) is 3.74. The fourth-order valence-corrected chi connectivity index (χ4v) is 1.53. The van der Waals surface area contributed by atoms with Crippen molar-refractivity contribution in [3.8, 4) is 6.07 Å². The van der Waals surface area contributed by atoms with Gasteiger partial charge in [-0.1, -0.05) is 37.3 Å². The second kappa shape index (κ2) is 6.66. The van der Waals surface area contributed by atoms with Crippen LogP contribution in [0, 0.1) is 17.2 Å². The molecule has 0 aliphatic carbocycles. The van der Waals surface area contributed by atoms with Gasteiger partial charge in [-0.15, -0.1) is 0 Å². The molecular formula is C13H16N2O2. The van der Waals surface area contributed by atoms with E-state index in [1.807, 2.05) is 36.4 Å². The Balaban J connectivity index is 2.72. The van der Waals surface area contributed by atoms with E-state index in [1.165, 1.54) is 0 Å². The maximum absolute atomic E-state index is 11.7. The Kier molecular flexibility index (Phi) is 5.18. The van der Waals surface area contributed by atoms with E-state index >= 15 is 0 Å². The lowest BCUT2D eigenvalue weighted by Crippen LogP contribution is -2.35. The number of carbonyl (C=O) groups excluding carboxylic acids is 1. The minimum atomic E-state index is -0.659. The number of amides is 1. The lowest BCUT2D eigenvalue weighted by atomic mass is 10.0. The fraction of sp³-hybridized carbons (Fsp3) is 0.385. The average Bonchev–Trinajstić information content (AvgIpc) is 2.38.